The first kappa shape index (κ1) is 19.6. The van der Waals surface area contributed by atoms with Crippen molar-refractivity contribution in [1.82, 2.24) is 9.88 Å². The first-order valence-electron chi connectivity index (χ1n) is 8.72. The molecule has 0 N–H and O–H groups in total. The van der Waals surface area contributed by atoms with Gasteiger partial charge >= 0.3 is 6.18 Å². The lowest BCUT2D eigenvalue weighted by Gasteiger charge is -2.37. The summed E-state index contributed by atoms with van der Waals surface area (Å²) in [6, 6.07) is 0.578. The summed E-state index contributed by atoms with van der Waals surface area (Å²) >= 11 is 3.04. The lowest BCUT2D eigenvalue weighted by molar-refractivity contribution is -0.140. The molecule has 0 aromatic carbocycles. The highest BCUT2D eigenvalue weighted by atomic mass is 127. The Morgan fingerprint density at radius 3 is 2.84 bits per heavy atom. The molecule has 25 heavy (non-hydrogen) atoms. The molecule has 0 saturated carbocycles. The van der Waals surface area contributed by atoms with Gasteiger partial charge in [-0.1, -0.05) is 6.42 Å². The second-order valence-corrected chi connectivity index (χ2v) is 8.32. The minimum absolute atomic E-state index is 0.499. The number of alkyl halides is 3. The molecule has 0 unspecified atom stereocenters. The van der Waals surface area contributed by atoms with E-state index in [1.807, 2.05) is 27.9 Å². The monoisotopic (exact) mass is 489 g/mol. The SMILES string of the molecule is FC(F)(F)c1csc(N2CC[C@H](CN3CCCC[C@H]3CCOI)C2)n1. The number of hydrogen-bond donors (Lipinski definition) is 0. The van der Waals surface area contributed by atoms with Crippen LogP contribution in [-0.4, -0.2) is 48.7 Å². The molecule has 9 heteroatoms. The van der Waals surface area contributed by atoms with Crippen LogP contribution in [0.1, 0.15) is 37.8 Å². The van der Waals surface area contributed by atoms with Gasteiger partial charge in [-0.05, 0) is 38.1 Å². The van der Waals surface area contributed by atoms with Gasteiger partial charge in [-0.25, -0.2) is 4.98 Å². The number of anilines is 1. The highest BCUT2D eigenvalue weighted by Crippen LogP contribution is 2.35. The van der Waals surface area contributed by atoms with Gasteiger partial charge in [0.05, 0.1) is 6.61 Å². The molecule has 142 valence electrons. The Morgan fingerprint density at radius 1 is 1.28 bits per heavy atom. The largest absolute Gasteiger partial charge is 0.434 e. The number of likely N-dealkylation sites (tertiary alicyclic amines) is 1. The van der Waals surface area contributed by atoms with Crippen LogP contribution in [0.2, 0.25) is 0 Å². The van der Waals surface area contributed by atoms with Crippen molar-refractivity contribution in [3.63, 3.8) is 0 Å². The van der Waals surface area contributed by atoms with Crippen LogP contribution in [0.25, 0.3) is 0 Å². The number of piperidine rings is 1. The van der Waals surface area contributed by atoms with Gasteiger partial charge in [0.2, 0.25) is 0 Å². The van der Waals surface area contributed by atoms with Crippen LogP contribution < -0.4 is 4.90 Å². The lowest BCUT2D eigenvalue weighted by atomic mass is 9.97. The molecule has 0 spiro atoms. The lowest BCUT2D eigenvalue weighted by Crippen LogP contribution is -2.43. The van der Waals surface area contributed by atoms with Gasteiger partial charge in [0, 0.05) is 31.1 Å². The van der Waals surface area contributed by atoms with E-state index in [1.54, 1.807) is 0 Å². The minimum Gasteiger partial charge on any atom is -0.348 e. The molecule has 0 radical (unpaired) electrons. The number of rotatable bonds is 6. The van der Waals surface area contributed by atoms with Crippen LogP contribution in [0.3, 0.4) is 0 Å². The van der Waals surface area contributed by atoms with Gasteiger partial charge in [-0.2, -0.15) is 13.2 Å². The molecule has 0 amide bonds. The van der Waals surface area contributed by atoms with Crippen molar-refractivity contribution >= 4 is 39.5 Å². The van der Waals surface area contributed by atoms with Crippen molar-refractivity contribution in [2.24, 2.45) is 5.92 Å². The Morgan fingerprint density at radius 2 is 2.12 bits per heavy atom. The fourth-order valence-corrected chi connectivity index (χ4v) is 4.96. The molecular weight excluding hydrogens is 466 g/mol. The summed E-state index contributed by atoms with van der Waals surface area (Å²) in [6.07, 6.45) is 1.46. The van der Waals surface area contributed by atoms with Crippen molar-refractivity contribution in [2.75, 3.05) is 37.7 Å². The van der Waals surface area contributed by atoms with E-state index < -0.39 is 11.9 Å². The third kappa shape index (κ3) is 5.20. The van der Waals surface area contributed by atoms with E-state index in [-0.39, 0.29) is 0 Å². The maximum Gasteiger partial charge on any atom is 0.434 e. The molecule has 2 aliphatic rings. The number of hydrogen-bond acceptors (Lipinski definition) is 5. The normalized spacial score (nSPS) is 25.7. The van der Waals surface area contributed by atoms with Crippen molar-refractivity contribution in [3.05, 3.63) is 11.1 Å². The predicted molar refractivity (Wildman–Crippen MR) is 101 cm³/mol. The second kappa shape index (κ2) is 8.71. The molecular formula is C16H23F3IN3OS. The third-order valence-corrected chi connectivity index (χ3v) is 6.45. The molecule has 0 bridgehead atoms. The minimum atomic E-state index is -4.35. The zero-order valence-corrected chi connectivity index (χ0v) is 16.9. The Balaban J connectivity index is 1.54. The topological polar surface area (TPSA) is 28.6 Å². The molecule has 1 aromatic rings. The van der Waals surface area contributed by atoms with E-state index in [1.165, 1.54) is 19.3 Å². The molecule has 4 nitrogen and oxygen atoms in total. The number of thiazole rings is 1. The van der Waals surface area contributed by atoms with Crippen LogP contribution >= 0.6 is 34.3 Å². The summed E-state index contributed by atoms with van der Waals surface area (Å²) in [5.74, 6) is 0.499. The predicted octanol–water partition coefficient (Wildman–Crippen LogP) is 4.60. The third-order valence-electron chi connectivity index (χ3n) is 5.11. The average molecular weight is 489 g/mol. The van der Waals surface area contributed by atoms with Crippen molar-refractivity contribution < 1.29 is 16.2 Å². The summed E-state index contributed by atoms with van der Waals surface area (Å²) in [7, 11) is 0. The summed E-state index contributed by atoms with van der Waals surface area (Å²) < 4.78 is 43.4. The van der Waals surface area contributed by atoms with Crippen LogP contribution in [0.4, 0.5) is 18.3 Å². The number of halogens is 4. The highest BCUT2D eigenvalue weighted by Gasteiger charge is 2.35. The standard InChI is InChI=1S/C16H23F3IN3OS/c17-16(18,19)14-11-25-15(21-14)23-7-4-12(10-23)9-22-6-2-1-3-13(22)5-8-24-20/h11-13H,1-10H2/t12-,13+/m1/s1. The Bertz CT molecular complexity index is 557. The van der Waals surface area contributed by atoms with Crippen molar-refractivity contribution in [3.8, 4) is 0 Å². The smallest absolute Gasteiger partial charge is 0.348 e. The summed E-state index contributed by atoms with van der Waals surface area (Å²) in [5.41, 5.74) is -0.772. The molecule has 2 atom stereocenters. The van der Waals surface area contributed by atoms with Gasteiger partial charge in [-0.3, -0.25) is 4.90 Å². The molecule has 3 rings (SSSR count). The highest BCUT2D eigenvalue weighted by molar-refractivity contribution is 14.1. The molecule has 2 aliphatic heterocycles. The summed E-state index contributed by atoms with van der Waals surface area (Å²) in [6.45, 7) is 4.53. The molecule has 3 heterocycles. The Hall–Kier alpha value is -0.130. The first-order chi connectivity index (χ1) is 12.0. The van der Waals surface area contributed by atoms with E-state index >= 15 is 0 Å². The summed E-state index contributed by atoms with van der Waals surface area (Å²) in [4.78, 5) is 8.37. The zero-order chi connectivity index (χ0) is 17.9. The van der Waals surface area contributed by atoms with Gasteiger partial charge in [0.25, 0.3) is 0 Å². The Kier molecular flexibility index (Phi) is 6.83. The van der Waals surface area contributed by atoms with Gasteiger partial charge < -0.3 is 7.97 Å². The fourth-order valence-electron chi connectivity index (χ4n) is 3.83. The zero-order valence-electron chi connectivity index (χ0n) is 14.0. The van der Waals surface area contributed by atoms with Gasteiger partial charge in [0.1, 0.15) is 23.0 Å². The van der Waals surface area contributed by atoms with Gasteiger partial charge in [-0.15, -0.1) is 11.3 Å². The van der Waals surface area contributed by atoms with Crippen molar-refractivity contribution in [1.29, 1.82) is 0 Å². The van der Waals surface area contributed by atoms with E-state index in [0.717, 1.165) is 62.3 Å². The van der Waals surface area contributed by atoms with E-state index in [2.05, 4.69) is 9.88 Å². The molecule has 0 aliphatic carbocycles. The van der Waals surface area contributed by atoms with E-state index in [0.29, 0.717) is 17.1 Å². The number of nitrogens with zero attached hydrogens (tertiary/aromatic N) is 3. The molecule has 2 fully saturated rings. The van der Waals surface area contributed by atoms with E-state index in [9.17, 15) is 13.2 Å². The Labute approximate surface area is 164 Å². The number of aromatic nitrogens is 1. The first-order valence-corrected chi connectivity index (χ1v) is 10.5. The van der Waals surface area contributed by atoms with Gasteiger partial charge in [0.15, 0.2) is 10.8 Å². The average Bonchev–Trinajstić information content (AvgIpc) is 3.22. The van der Waals surface area contributed by atoms with Crippen LogP contribution in [-0.2, 0) is 9.24 Å². The quantitative estimate of drug-likeness (QED) is 0.547. The summed E-state index contributed by atoms with van der Waals surface area (Å²) in [5, 5.41) is 1.62. The fraction of sp³-hybridized carbons (Fsp3) is 0.812. The van der Waals surface area contributed by atoms with Crippen LogP contribution in [0.5, 0.6) is 0 Å². The maximum absolute atomic E-state index is 12.7. The second-order valence-electron chi connectivity index (χ2n) is 6.86. The van der Waals surface area contributed by atoms with E-state index in [4.69, 9.17) is 3.07 Å². The van der Waals surface area contributed by atoms with Crippen LogP contribution in [0.15, 0.2) is 5.38 Å². The van der Waals surface area contributed by atoms with Crippen molar-refractivity contribution in [2.45, 2.75) is 44.3 Å². The maximum atomic E-state index is 12.7. The molecule has 1 aromatic heterocycles. The molecule has 2 saturated heterocycles. The van der Waals surface area contributed by atoms with Crippen LogP contribution in [0, 0.1) is 5.92 Å².